The van der Waals surface area contributed by atoms with E-state index in [4.69, 9.17) is 11.6 Å². The third-order valence-electron chi connectivity index (χ3n) is 1.98. The van der Waals surface area contributed by atoms with Crippen LogP contribution in [0.15, 0.2) is 36.4 Å². The van der Waals surface area contributed by atoms with Crippen LogP contribution >= 0.6 is 22.9 Å². The third-order valence-corrected chi connectivity index (χ3v) is 3.38. The summed E-state index contributed by atoms with van der Waals surface area (Å²) >= 11 is 7.56. The van der Waals surface area contributed by atoms with Crippen molar-refractivity contribution in [2.45, 2.75) is 0 Å². The molecule has 1 aromatic heterocycles. The second-order valence-electron chi connectivity index (χ2n) is 2.92. The molecule has 2 aromatic rings. The monoisotopic (exact) mass is 223 g/mol. The van der Waals surface area contributed by atoms with Crippen molar-refractivity contribution < 1.29 is 0 Å². The zero-order valence-electron chi connectivity index (χ0n) is 7.75. The van der Waals surface area contributed by atoms with Crippen LogP contribution in [0.3, 0.4) is 0 Å². The molecule has 0 bridgehead atoms. The molecule has 2 rings (SSSR count). The standard InChI is InChI=1S/C11H10ClNS/c1-13-11-7-6-10(14-11)8-2-4-9(12)5-3-8/h2-7,13H,1H3. The van der Waals surface area contributed by atoms with Crippen molar-refractivity contribution in [3.63, 3.8) is 0 Å². The molecule has 14 heavy (non-hydrogen) atoms. The van der Waals surface area contributed by atoms with Crippen molar-refractivity contribution in [2.24, 2.45) is 0 Å². The van der Waals surface area contributed by atoms with Gasteiger partial charge in [-0.2, -0.15) is 0 Å². The van der Waals surface area contributed by atoms with Crippen LogP contribution in [0, 0.1) is 0 Å². The number of rotatable bonds is 2. The first-order chi connectivity index (χ1) is 6.79. The normalized spacial score (nSPS) is 10.1. The number of hydrogen-bond acceptors (Lipinski definition) is 2. The summed E-state index contributed by atoms with van der Waals surface area (Å²) in [4.78, 5) is 1.26. The van der Waals surface area contributed by atoms with Crippen LogP contribution in [-0.2, 0) is 0 Å². The molecular formula is C11H10ClNS. The van der Waals surface area contributed by atoms with Gasteiger partial charge in [0.2, 0.25) is 0 Å². The van der Waals surface area contributed by atoms with Crippen LogP contribution in [-0.4, -0.2) is 7.05 Å². The van der Waals surface area contributed by atoms with E-state index in [0.717, 1.165) is 5.02 Å². The lowest BCUT2D eigenvalue weighted by Gasteiger charge is -1.96. The summed E-state index contributed by atoms with van der Waals surface area (Å²) in [6, 6.07) is 12.1. The summed E-state index contributed by atoms with van der Waals surface area (Å²) in [5.74, 6) is 0. The predicted octanol–water partition coefficient (Wildman–Crippen LogP) is 4.11. The Morgan fingerprint density at radius 2 is 1.79 bits per heavy atom. The minimum absolute atomic E-state index is 0.777. The van der Waals surface area contributed by atoms with E-state index in [1.807, 2.05) is 31.3 Å². The van der Waals surface area contributed by atoms with Crippen molar-refractivity contribution in [3.8, 4) is 10.4 Å². The Hall–Kier alpha value is -0.990. The lowest BCUT2D eigenvalue weighted by Crippen LogP contribution is -1.79. The fraction of sp³-hybridized carbons (Fsp3) is 0.0909. The summed E-state index contributed by atoms with van der Waals surface area (Å²) in [7, 11) is 1.93. The smallest absolute Gasteiger partial charge is 0.0886 e. The summed E-state index contributed by atoms with van der Waals surface area (Å²) < 4.78 is 0. The average molecular weight is 224 g/mol. The molecule has 1 heterocycles. The number of thiophene rings is 1. The van der Waals surface area contributed by atoms with E-state index in [9.17, 15) is 0 Å². The highest BCUT2D eigenvalue weighted by atomic mass is 35.5. The van der Waals surface area contributed by atoms with Gasteiger partial charge in [-0.1, -0.05) is 23.7 Å². The number of hydrogen-bond donors (Lipinski definition) is 1. The molecule has 1 nitrogen and oxygen atoms in total. The molecule has 0 radical (unpaired) electrons. The molecule has 0 saturated carbocycles. The minimum atomic E-state index is 0.777. The van der Waals surface area contributed by atoms with Gasteiger partial charge in [0.05, 0.1) is 5.00 Å². The molecule has 0 aliphatic carbocycles. The van der Waals surface area contributed by atoms with Gasteiger partial charge in [-0.25, -0.2) is 0 Å². The van der Waals surface area contributed by atoms with Crippen molar-refractivity contribution >= 4 is 27.9 Å². The van der Waals surface area contributed by atoms with Crippen LogP contribution in [0.5, 0.6) is 0 Å². The quantitative estimate of drug-likeness (QED) is 0.808. The number of nitrogens with one attached hydrogen (secondary N) is 1. The number of anilines is 1. The molecule has 72 valence electrons. The van der Waals surface area contributed by atoms with E-state index in [2.05, 4.69) is 17.4 Å². The topological polar surface area (TPSA) is 12.0 Å². The zero-order chi connectivity index (χ0) is 9.97. The van der Waals surface area contributed by atoms with E-state index in [1.165, 1.54) is 15.4 Å². The molecule has 0 unspecified atom stereocenters. The molecule has 0 atom stereocenters. The highest BCUT2D eigenvalue weighted by Crippen LogP contribution is 2.31. The lowest BCUT2D eigenvalue weighted by molar-refractivity contribution is 1.60. The van der Waals surface area contributed by atoms with Crippen molar-refractivity contribution in [2.75, 3.05) is 12.4 Å². The van der Waals surface area contributed by atoms with Gasteiger partial charge in [0, 0.05) is 16.9 Å². The minimum Gasteiger partial charge on any atom is -0.380 e. The summed E-state index contributed by atoms with van der Waals surface area (Å²) in [6.07, 6.45) is 0. The Morgan fingerprint density at radius 3 is 2.36 bits per heavy atom. The maximum Gasteiger partial charge on any atom is 0.0886 e. The molecule has 0 spiro atoms. The van der Waals surface area contributed by atoms with Crippen LogP contribution in [0.1, 0.15) is 0 Å². The van der Waals surface area contributed by atoms with Crippen molar-refractivity contribution in [3.05, 3.63) is 41.4 Å². The second-order valence-corrected chi connectivity index (χ2v) is 4.44. The first-order valence-electron chi connectivity index (χ1n) is 4.33. The highest BCUT2D eigenvalue weighted by Gasteiger charge is 2.00. The Balaban J connectivity index is 2.34. The molecule has 0 amide bonds. The second kappa shape index (κ2) is 4.03. The lowest BCUT2D eigenvalue weighted by atomic mass is 10.2. The molecular weight excluding hydrogens is 214 g/mol. The number of halogens is 1. The van der Waals surface area contributed by atoms with E-state index >= 15 is 0 Å². The summed E-state index contributed by atoms with van der Waals surface area (Å²) in [6.45, 7) is 0. The van der Waals surface area contributed by atoms with Gasteiger partial charge in [-0.05, 0) is 29.8 Å². The fourth-order valence-corrected chi connectivity index (χ4v) is 2.23. The molecule has 0 aliphatic rings. The van der Waals surface area contributed by atoms with Gasteiger partial charge in [-0.3, -0.25) is 0 Å². The molecule has 0 saturated heterocycles. The third kappa shape index (κ3) is 1.91. The van der Waals surface area contributed by atoms with Crippen molar-refractivity contribution in [1.29, 1.82) is 0 Å². The van der Waals surface area contributed by atoms with Gasteiger partial charge in [0.25, 0.3) is 0 Å². The summed E-state index contributed by atoms with van der Waals surface area (Å²) in [5, 5.41) is 5.07. The average Bonchev–Trinajstić information content (AvgIpc) is 2.67. The highest BCUT2D eigenvalue weighted by molar-refractivity contribution is 7.19. The molecule has 0 fully saturated rings. The summed E-state index contributed by atoms with van der Waals surface area (Å²) in [5.41, 5.74) is 1.21. The van der Waals surface area contributed by atoms with Gasteiger partial charge in [-0.15, -0.1) is 11.3 Å². The van der Waals surface area contributed by atoms with Crippen LogP contribution in [0.4, 0.5) is 5.00 Å². The zero-order valence-corrected chi connectivity index (χ0v) is 9.32. The van der Waals surface area contributed by atoms with Crippen molar-refractivity contribution in [1.82, 2.24) is 0 Å². The van der Waals surface area contributed by atoms with Crippen LogP contribution in [0.2, 0.25) is 5.02 Å². The molecule has 0 aliphatic heterocycles. The SMILES string of the molecule is CNc1ccc(-c2ccc(Cl)cc2)s1. The largest absolute Gasteiger partial charge is 0.380 e. The molecule has 1 N–H and O–H groups in total. The maximum absolute atomic E-state index is 5.82. The van der Waals surface area contributed by atoms with E-state index in [-0.39, 0.29) is 0 Å². The molecule has 1 aromatic carbocycles. The Labute approximate surface area is 92.3 Å². The van der Waals surface area contributed by atoms with E-state index < -0.39 is 0 Å². The Morgan fingerprint density at radius 1 is 1.07 bits per heavy atom. The first kappa shape index (κ1) is 9.56. The predicted molar refractivity (Wildman–Crippen MR) is 64.3 cm³/mol. The first-order valence-corrected chi connectivity index (χ1v) is 5.52. The number of benzene rings is 1. The van der Waals surface area contributed by atoms with Gasteiger partial charge in [0.15, 0.2) is 0 Å². The Kier molecular flexibility index (Phi) is 2.75. The van der Waals surface area contributed by atoms with Gasteiger partial charge >= 0.3 is 0 Å². The van der Waals surface area contributed by atoms with Crippen LogP contribution < -0.4 is 5.32 Å². The van der Waals surface area contributed by atoms with E-state index in [0.29, 0.717) is 0 Å². The molecule has 3 heteroatoms. The maximum atomic E-state index is 5.82. The van der Waals surface area contributed by atoms with Gasteiger partial charge in [0.1, 0.15) is 0 Å². The fourth-order valence-electron chi connectivity index (χ4n) is 1.24. The van der Waals surface area contributed by atoms with E-state index in [1.54, 1.807) is 11.3 Å². The van der Waals surface area contributed by atoms with Gasteiger partial charge < -0.3 is 5.32 Å². The van der Waals surface area contributed by atoms with Crippen LogP contribution in [0.25, 0.3) is 10.4 Å². The Bertz CT molecular complexity index is 419.